The maximum atomic E-state index is 9.33. The molecular formula is C12H22N2O2S. The second-order valence-corrected chi connectivity index (χ2v) is 5.95. The fraction of sp³-hybridized carbons (Fsp3) is 0.917. The highest BCUT2D eigenvalue weighted by Crippen LogP contribution is 2.34. The van der Waals surface area contributed by atoms with Gasteiger partial charge >= 0.3 is 0 Å². The van der Waals surface area contributed by atoms with Crippen molar-refractivity contribution in [2.75, 3.05) is 18.9 Å². The average molecular weight is 258 g/mol. The summed E-state index contributed by atoms with van der Waals surface area (Å²) >= 11 is 1.67. The fourth-order valence-electron chi connectivity index (χ4n) is 2.31. The zero-order valence-electron chi connectivity index (χ0n) is 10.4. The van der Waals surface area contributed by atoms with Gasteiger partial charge in [0.15, 0.2) is 0 Å². The normalized spacial score (nSPS) is 30.8. The van der Waals surface area contributed by atoms with Crippen LogP contribution in [0.2, 0.25) is 0 Å². The number of thioether (sulfide) groups is 1. The minimum absolute atomic E-state index is 0.184. The van der Waals surface area contributed by atoms with E-state index in [1.54, 1.807) is 11.8 Å². The summed E-state index contributed by atoms with van der Waals surface area (Å²) in [5.41, 5.74) is -0.380. The number of aliphatic hydroxyl groups is 2. The number of hydrogen-bond donors (Lipinski definition) is 3. The fourth-order valence-corrected chi connectivity index (χ4v) is 3.64. The third-order valence-corrected chi connectivity index (χ3v) is 4.62. The van der Waals surface area contributed by atoms with Gasteiger partial charge in [-0.25, -0.2) is 0 Å². The van der Waals surface area contributed by atoms with Gasteiger partial charge < -0.3 is 10.2 Å². The highest BCUT2D eigenvalue weighted by Gasteiger charge is 2.35. The van der Waals surface area contributed by atoms with Crippen LogP contribution in [0.1, 0.15) is 32.6 Å². The number of rotatable bonds is 6. The highest BCUT2D eigenvalue weighted by atomic mass is 32.2. The molecule has 5 heteroatoms. The third-order valence-electron chi connectivity index (χ3n) is 3.17. The predicted octanol–water partition coefficient (Wildman–Crippen LogP) is 0.887. The summed E-state index contributed by atoms with van der Waals surface area (Å²) in [6.07, 6.45) is 3.25. The predicted molar refractivity (Wildman–Crippen MR) is 69.8 cm³/mol. The van der Waals surface area contributed by atoms with Crippen molar-refractivity contribution in [3.05, 3.63) is 0 Å². The standard InChI is InChI=1S/C12H22N2O2S/c1-2-14-12(9-13)5-3-4-11(6-12)17-8-10(16)7-15/h10-11,14-16H,2-8H2,1H3. The second kappa shape index (κ2) is 7.22. The number of nitrogens with one attached hydrogen (secondary N) is 1. The monoisotopic (exact) mass is 258 g/mol. The van der Waals surface area contributed by atoms with Crippen molar-refractivity contribution >= 4 is 11.8 Å². The zero-order valence-corrected chi connectivity index (χ0v) is 11.2. The molecule has 1 rings (SSSR count). The molecule has 17 heavy (non-hydrogen) atoms. The molecule has 0 saturated heterocycles. The van der Waals surface area contributed by atoms with Crippen LogP contribution in [-0.4, -0.2) is 46.0 Å². The third kappa shape index (κ3) is 4.47. The van der Waals surface area contributed by atoms with E-state index in [2.05, 4.69) is 11.4 Å². The van der Waals surface area contributed by atoms with E-state index in [1.807, 2.05) is 6.92 Å². The van der Waals surface area contributed by atoms with Crippen molar-refractivity contribution in [2.24, 2.45) is 0 Å². The maximum Gasteiger partial charge on any atom is 0.107 e. The Morgan fingerprint density at radius 2 is 2.41 bits per heavy atom. The number of nitriles is 1. The number of aliphatic hydroxyl groups excluding tert-OH is 2. The van der Waals surface area contributed by atoms with Crippen LogP contribution >= 0.6 is 11.8 Å². The van der Waals surface area contributed by atoms with E-state index in [0.717, 1.165) is 32.2 Å². The zero-order chi connectivity index (χ0) is 12.7. The van der Waals surface area contributed by atoms with Gasteiger partial charge in [-0.3, -0.25) is 5.32 Å². The molecule has 1 fully saturated rings. The average Bonchev–Trinajstić information content (AvgIpc) is 2.36. The van der Waals surface area contributed by atoms with Crippen LogP contribution in [0, 0.1) is 11.3 Å². The molecule has 0 heterocycles. The molecule has 0 aliphatic heterocycles. The lowest BCUT2D eigenvalue weighted by Crippen LogP contribution is -2.48. The van der Waals surface area contributed by atoms with E-state index in [-0.39, 0.29) is 12.1 Å². The lowest BCUT2D eigenvalue weighted by molar-refractivity contribution is 0.113. The SMILES string of the molecule is CCNC1(C#N)CCCC(SCC(O)CO)C1. The Bertz CT molecular complexity index is 266. The summed E-state index contributed by atoms with van der Waals surface area (Å²) < 4.78 is 0. The number of nitrogens with zero attached hydrogens (tertiary/aromatic N) is 1. The van der Waals surface area contributed by atoms with E-state index < -0.39 is 6.10 Å². The Balaban J connectivity index is 2.45. The second-order valence-electron chi connectivity index (χ2n) is 4.61. The number of hydrogen-bond acceptors (Lipinski definition) is 5. The maximum absolute atomic E-state index is 9.33. The molecule has 0 bridgehead atoms. The van der Waals surface area contributed by atoms with Gasteiger partial charge in [0, 0.05) is 11.0 Å². The van der Waals surface area contributed by atoms with Crippen molar-refractivity contribution in [2.45, 2.75) is 49.5 Å². The van der Waals surface area contributed by atoms with Crippen LogP contribution in [0.4, 0.5) is 0 Å². The van der Waals surface area contributed by atoms with Crippen LogP contribution in [0.5, 0.6) is 0 Å². The lowest BCUT2D eigenvalue weighted by Gasteiger charge is -2.36. The Morgan fingerprint density at radius 3 is 3.00 bits per heavy atom. The minimum Gasteiger partial charge on any atom is -0.394 e. The van der Waals surface area contributed by atoms with E-state index in [1.165, 1.54) is 0 Å². The lowest BCUT2D eigenvalue weighted by atomic mass is 9.82. The summed E-state index contributed by atoms with van der Waals surface area (Å²) in [4.78, 5) is 0. The van der Waals surface area contributed by atoms with Crippen LogP contribution in [0.15, 0.2) is 0 Å². The molecule has 0 spiro atoms. The molecule has 0 aromatic heterocycles. The van der Waals surface area contributed by atoms with E-state index in [4.69, 9.17) is 5.11 Å². The molecule has 0 amide bonds. The molecule has 1 aliphatic rings. The summed E-state index contributed by atoms with van der Waals surface area (Å²) in [7, 11) is 0. The van der Waals surface area contributed by atoms with Crippen molar-refractivity contribution in [3.63, 3.8) is 0 Å². The van der Waals surface area contributed by atoms with Crippen molar-refractivity contribution in [3.8, 4) is 6.07 Å². The molecule has 0 aromatic rings. The van der Waals surface area contributed by atoms with Gasteiger partial charge in [0.2, 0.25) is 0 Å². The first kappa shape index (κ1) is 14.8. The Hall–Kier alpha value is -0.280. The first-order valence-corrected chi connectivity index (χ1v) is 7.27. The minimum atomic E-state index is -0.641. The van der Waals surface area contributed by atoms with Crippen molar-refractivity contribution < 1.29 is 10.2 Å². The highest BCUT2D eigenvalue weighted by molar-refractivity contribution is 7.99. The largest absolute Gasteiger partial charge is 0.394 e. The van der Waals surface area contributed by atoms with E-state index in [9.17, 15) is 10.4 Å². The molecule has 1 aliphatic carbocycles. The van der Waals surface area contributed by atoms with Gasteiger partial charge in [0.1, 0.15) is 5.54 Å². The summed E-state index contributed by atoms with van der Waals surface area (Å²) in [5.74, 6) is 0.550. The molecule has 1 saturated carbocycles. The van der Waals surface area contributed by atoms with Gasteiger partial charge in [-0.1, -0.05) is 6.92 Å². The Morgan fingerprint density at radius 1 is 1.65 bits per heavy atom. The van der Waals surface area contributed by atoms with E-state index in [0.29, 0.717) is 11.0 Å². The van der Waals surface area contributed by atoms with Crippen molar-refractivity contribution in [1.29, 1.82) is 5.26 Å². The molecule has 4 nitrogen and oxygen atoms in total. The molecule has 3 atom stereocenters. The first-order chi connectivity index (χ1) is 8.15. The van der Waals surface area contributed by atoms with Crippen LogP contribution in [-0.2, 0) is 0 Å². The van der Waals surface area contributed by atoms with E-state index >= 15 is 0 Å². The quantitative estimate of drug-likeness (QED) is 0.659. The molecule has 3 unspecified atom stereocenters. The molecular weight excluding hydrogens is 236 g/mol. The first-order valence-electron chi connectivity index (χ1n) is 6.22. The van der Waals surface area contributed by atoms with Gasteiger partial charge in [0.05, 0.1) is 18.8 Å². The molecule has 0 radical (unpaired) electrons. The van der Waals surface area contributed by atoms with Crippen LogP contribution in [0.3, 0.4) is 0 Å². The van der Waals surface area contributed by atoms with Gasteiger partial charge in [-0.2, -0.15) is 17.0 Å². The van der Waals surface area contributed by atoms with Gasteiger partial charge in [-0.15, -0.1) is 0 Å². The van der Waals surface area contributed by atoms with Crippen LogP contribution in [0.25, 0.3) is 0 Å². The molecule has 3 N–H and O–H groups in total. The molecule has 98 valence electrons. The van der Waals surface area contributed by atoms with Crippen LogP contribution < -0.4 is 5.32 Å². The van der Waals surface area contributed by atoms with Gasteiger partial charge in [0.25, 0.3) is 0 Å². The smallest absolute Gasteiger partial charge is 0.107 e. The topological polar surface area (TPSA) is 76.3 Å². The Kier molecular flexibility index (Phi) is 6.28. The van der Waals surface area contributed by atoms with Crippen molar-refractivity contribution in [1.82, 2.24) is 5.32 Å². The van der Waals surface area contributed by atoms with Gasteiger partial charge in [-0.05, 0) is 32.2 Å². The summed E-state index contributed by atoms with van der Waals surface area (Å²) in [6.45, 7) is 2.64. The summed E-state index contributed by atoms with van der Waals surface area (Å²) in [6, 6.07) is 2.41. The Labute approximate surface area is 107 Å². The molecule has 0 aromatic carbocycles. The summed E-state index contributed by atoms with van der Waals surface area (Å²) in [5, 5.41) is 31.1.